The molecular weight excluding hydrogens is 444 g/mol. The number of para-hydroxylation sites is 1. The van der Waals surface area contributed by atoms with E-state index in [4.69, 9.17) is 4.74 Å². The minimum Gasteiger partial charge on any atom is -0.379 e. The molecular formula is C27H26N4O4. The van der Waals surface area contributed by atoms with E-state index in [0.717, 1.165) is 23.2 Å². The maximum Gasteiger partial charge on any atom is 0.333 e. The fourth-order valence-electron chi connectivity index (χ4n) is 4.37. The summed E-state index contributed by atoms with van der Waals surface area (Å²) in [4.78, 5) is 44.0. The third-order valence-corrected chi connectivity index (χ3v) is 6.23. The van der Waals surface area contributed by atoms with Gasteiger partial charge < -0.3 is 15.0 Å². The summed E-state index contributed by atoms with van der Waals surface area (Å²) < 4.78 is 6.54. The minimum absolute atomic E-state index is 0.220. The number of aromatic amines is 1. The number of morpholine rings is 1. The van der Waals surface area contributed by atoms with Crippen LogP contribution in [-0.2, 0) is 4.74 Å². The molecule has 0 saturated carbocycles. The average Bonchev–Trinajstić information content (AvgIpc) is 2.89. The molecule has 35 heavy (non-hydrogen) atoms. The molecule has 3 aromatic carbocycles. The van der Waals surface area contributed by atoms with Crippen molar-refractivity contribution in [2.45, 2.75) is 6.04 Å². The monoisotopic (exact) mass is 470 g/mol. The Labute approximate surface area is 201 Å². The molecule has 1 unspecified atom stereocenters. The van der Waals surface area contributed by atoms with Gasteiger partial charge in [0.1, 0.15) is 0 Å². The first kappa shape index (κ1) is 22.8. The zero-order valence-electron chi connectivity index (χ0n) is 19.1. The number of rotatable bonds is 6. The van der Waals surface area contributed by atoms with Crippen molar-refractivity contribution in [3.05, 3.63) is 111 Å². The number of amides is 1. The van der Waals surface area contributed by atoms with Crippen LogP contribution in [0.25, 0.3) is 16.6 Å². The van der Waals surface area contributed by atoms with Crippen LogP contribution in [-0.4, -0.2) is 53.2 Å². The van der Waals surface area contributed by atoms with Gasteiger partial charge in [-0.2, -0.15) is 0 Å². The van der Waals surface area contributed by atoms with Crippen molar-refractivity contribution in [2.24, 2.45) is 0 Å². The lowest BCUT2D eigenvalue weighted by atomic mass is 10.0. The van der Waals surface area contributed by atoms with E-state index in [1.54, 1.807) is 42.5 Å². The van der Waals surface area contributed by atoms with Gasteiger partial charge in [-0.3, -0.25) is 14.5 Å². The Morgan fingerprint density at radius 1 is 0.943 bits per heavy atom. The zero-order chi connectivity index (χ0) is 24.2. The summed E-state index contributed by atoms with van der Waals surface area (Å²) in [6, 6.07) is 23.1. The smallest absolute Gasteiger partial charge is 0.333 e. The van der Waals surface area contributed by atoms with Crippen LogP contribution < -0.4 is 16.6 Å². The molecule has 0 radical (unpaired) electrons. The number of aromatic nitrogens is 2. The largest absolute Gasteiger partial charge is 0.379 e. The van der Waals surface area contributed by atoms with Crippen LogP contribution >= 0.6 is 0 Å². The number of nitrogens with one attached hydrogen (secondary N) is 2. The molecule has 5 rings (SSSR count). The standard InChI is InChI=1S/C27H26N4O4/c32-25(28-24(19-7-3-1-4-8-19)18-30-13-15-35-16-14-30)20-11-12-22-23(17-20)29-27(34)31(26(22)33)21-9-5-2-6-10-21/h1-12,17,24H,13-16,18H2,(H,28,32)(H,29,34). The summed E-state index contributed by atoms with van der Waals surface area (Å²) in [6.07, 6.45) is 0. The predicted octanol–water partition coefficient (Wildman–Crippen LogP) is 2.48. The van der Waals surface area contributed by atoms with Gasteiger partial charge in [0.15, 0.2) is 0 Å². The predicted molar refractivity (Wildman–Crippen MR) is 134 cm³/mol. The Morgan fingerprint density at radius 3 is 2.34 bits per heavy atom. The Bertz CT molecular complexity index is 1440. The first-order valence-electron chi connectivity index (χ1n) is 11.6. The van der Waals surface area contributed by atoms with E-state index in [1.807, 2.05) is 36.4 Å². The maximum atomic E-state index is 13.2. The third-order valence-electron chi connectivity index (χ3n) is 6.23. The lowest BCUT2D eigenvalue weighted by Gasteiger charge is -2.31. The molecule has 2 N–H and O–H groups in total. The van der Waals surface area contributed by atoms with Crippen molar-refractivity contribution < 1.29 is 9.53 Å². The molecule has 1 fully saturated rings. The molecule has 1 aliphatic heterocycles. The molecule has 1 amide bonds. The Balaban J connectivity index is 1.44. The van der Waals surface area contributed by atoms with E-state index in [-0.39, 0.29) is 11.9 Å². The molecule has 1 aromatic heterocycles. The fraction of sp³-hybridized carbons (Fsp3) is 0.222. The van der Waals surface area contributed by atoms with Crippen LogP contribution in [0.1, 0.15) is 22.0 Å². The van der Waals surface area contributed by atoms with Gasteiger partial charge in [0.25, 0.3) is 11.5 Å². The summed E-state index contributed by atoms with van der Waals surface area (Å²) in [5, 5.41) is 3.46. The van der Waals surface area contributed by atoms with Crippen molar-refractivity contribution >= 4 is 16.8 Å². The first-order valence-corrected chi connectivity index (χ1v) is 11.6. The number of benzene rings is 3. The fourth-order valence-corrected chi connectivity index (χ4v) is 4.37. The molecule has 8 nitrogen and oxygen atoms in total. The Morgan fingerprint density at radius 2 is 1.63 bits per heavy atom. The van der Waals surface area contributed by atoms with Crippen LogP contribution in [0.5, 0.6) is 0 Å². The molecule has 1 atom stereocenters. The number of carbonyl (C=O) groups is 1. The Hall–Kier alpha value is -4.01. The molecule has 0 spiro atoms. The van der Waals surface area contributed by atoms with Gasteiger partial charge in [0.2, 0.25) is 0 Å². The van der Waals surface area contributed by atoms with Crippen LogP contribution in [0, 0.1) is 0 Å². The SMILES string of the molecule is O=C(NC(CN1CCOCC1)c1ccccc1)c1ccc2c(=O)n(-c3ccccc3)c(=O)[nH]c2c1. The highest BCUT2D eigenvalue weighted by atomic mass is 16.5. The van der Waals surface area contributed by atoms with Crippen molar-refractivity contribution in [3.8, 4) is 5.69 Å². The minimum atomic E-state index is -0.555. The van der Waals surface area contributed by atoms with E-state index in [9.17, 15) is 14.4 Å². The number of carbonyl (C=O) groups excluding carboxylic acids is 1. The summed E-state index contributed by atoms with van der Waals surface area (Å²) in [5.74, 6) is -0.276. The Kier molecular flexibility index (Phi) is 6.56. The van der Waals surface area contributed by atoms with Crippen molar-refractivity contribution in [1.29, 1.82) is 0 Å². The number of fused-ring (bicyclic) bond motifs is 1. The lowest BCUT2D eigenvalue weighted by Crippen LogP contribution is -2.43. The van der Waals surface area contributed by atoms with E-state index in [2.05, 4.69) is 15.2 Å². The van der Waals surface area contributed by atoms with E-state index >= 15 is 0 Å². The number of hydrogen-bond donors (Lipinski definition) is 2. The van der Waals surface area contributed by atoms with Crippen LogP contribution in [0.4, 0.5) is 0 Å². The van der Waals surface area contributed by atoms with E-state index in [1.165, 1.54) is 0 Å². The van der Waals surface area contributed by atoms with Crippen LogP contribution in [0.3, 0.4) is 0 Å². The molecule has 0 bridgehead atoms. The highest BCUT2D eigenvalue weighted by Gasteiger charge is 2.21. The summed E-state index contributed by atoms with van der Waals surface area (Å²) >= 11 is 0. The molecule has 0 aliphatic carbocycles. The normalized spacial score (nSPS) is 15.1. The van der Waals surface area contributed by atoms with Gasteiger partial charge in [-0.05, 0) is 35.9 Å². The second-order valence-electron chi connectivity index (χ2n) is 8.52. The summed E-state index contributed by atoms with van der Waals surface area (Å²) in [7, 11) is 0. The maximum absolute atomic E-state index is 13.2. The topological polar surface area (TPSA) is 96.4 Å². The molecule has 8 heteroatoms. The molecule has 2 heterocycles. The first-order chi connectivity index (χ1) is 17.1. The molecule has 1 aliphatic rings. The van der Waals surface area contributed by atoms with Gasteiger partial charge in [-0.15, -0.1) is 0 Å². The highest BCUT2D eigenvalue weighted by molar-refractivity contribution is 5.97. The molecule has 1 saturated heterocycles. The van der Waals surface area contributed by atoms with Crippen molar-refractivity contribution in [3.63, 3.8) is 0 Å². The second-order valence-corrected chi connectivity index (χ2v) is 8.52. The third kappa shape index (κ3) is 4.94. The van der Waals surface area contributed by atoms with Gasteiger partial charge >= 0.3 is 5.69 Å². The summed E-state index contributed by atoms with van der Waals surface area (Å²) in [5.41, 5.74) is 1.19. The van der Waals surface area contributed by atoms with Gasteiger partial charge in [0.05, 0.1) is 35.8 Å². The molecule has 4 aromatic rings. The quantitative estimate of drug-likeness (QED) is 0.451. The number of ether oxygens (including phenoxy) is 1. The number of nitrogens with zero attached hydrogens (tertiary/aromatic N) is 2. The highest BCUT2D eigenvalue weighted by Crippen LogP contribution is 2.17. The van der Waals surface area contributed by atoms with Gasteiger partial charge in [-0.1, -0.05) is 48.5 Å². The number of H-pyrrole nitrogens is 1. The van der Waals surface area contributed by atoms with Crippen LogP contribution in [0.2, 0.25) is 0 Å². The second kappa shape index (κ2) is 10.1. The number of hydrogen-bond acceptors (Lipinski definition) is 5. The van der Waals surface area contributed by atoms with Crippen molar-refractivity contribution in [2.75, 3.05) is 32.8 Å². The summed E-state index contributed by atoms with van der Waals surface area (Å²) in [6.45, 7) is 3.63. The van der Waals surface area contributed by atoms with E-state index < -0.39 is 11.2 Å². The zero-order valence-corrected chi connectivity index (χ0v) is 19.1. The van der Waals surface area contributed by atoms with Gasteiger partial charge in [-0.25, -0.2) is 9.36 Å². The average molecular weight is 471 g/mol. The van der Waals surface area contributed by atoms with Gasteiger partial charge in [0, 0.05) is 25.2 Å². The molecule has 178 valence electrons. The van der Waals surface area contributed by atoms with Crippen LogP contribution in [0.15, 0.2) is 88.5 Å². The lowest BCUT2D eigenvalue weighted by molar-refractivity contribution is 0.0332. The van der Waals surface area contributed by atoms with Crippen molar-refractivity contribution in [1.82, 2.24) is 19.8 Å². The van der Waals surface area contributed by atoms with E-state index in [0.29, 0.717) is 41.9 Å².